The molecule has 2 atom stereocenters. The molecule has 1 fully saturated rings. The van der Waals surface area contributed by atoms with E-state index in [9.17, 15) is 0 Å². The molecule has 0 aromatic heterocycles. The summed E-state index contributed by atoms with van der Waals surface area (Å²) in [7, 11) is -1.71. The molecule has 6 aromatic carbocycles. The Balaban J connectivity index is 1.18. The van der Waals surface area contributed by atoms with Gasteiger partial charge in [-0.15, -0.1) is 0 Å². The van der Waals surface area contributed by atoms with Gasteiger partial charge in [-0.3, -0.25) is 0 Å². The van der Waals surface area contributed by atoms with Crippen molar-refractivity contribution in [3.05, 3.63) is 169 Å². The molecule has 4 nitrogen and oxygen atoms in total. The molecule has 6 heteroatoms. The lowest BCUT2D eigenvalue weighted by atomic mass is 10.1. The summed E-state index contributed by atoms with van der Waals surface area (Å²) in [5.41, 5.74) is 2.37. The Morgan fingerprint density at radius 2 is 0.774 bits per heavy atom. The van der Waals surface area contributed by atoms with E-state index in [1.54, 1.807) is 0 Å². The number of para-hydroxylation sites is 2. The first-order valence-corrected chi connectivity index (χ1v) is 21.3. The summed E-state index contributed by atoms with van der Waals surface area (Å²) < 4.78 is 27.0. The van der Waals surface area contributed by atoms with Gasteiger partial charge < -0.3 is 18.9 Å². The van der Waals surface area contributed by atoms with E-state index in [0.717, 1.165) is 24.3 Å². The molecule has 1 aliphatic rings. The van der Waals surface area contributed by atoms with Gasteiger partial charge >= 0.3 is 0 Å². The molecule has 0 saturated carbocycles. The fourth-order valence-electron chi connectivity index (χ4n) is 7.07. The monoisotopic (exact) mass is 738 g/mol. The van der Waals surface area contributed by atoms with Gasteiger partial charge in [0.25, 0.3) is 0 Å². The van der Waals surface area contributed by atoms with Crippen LogP contribution >= 0.6 is 15.8 Å². The van der Waals surface area contributed by atoms with Gasteiger partial charge in [-0.1, -0.05) is 172 Å². The number of ether oxygens (including phenoxy) is 4. The van der Waals surface area contributed by atoms with Gasteiger partial charge in [-0.25, -0.2) is 0 Å². The second-order valence-corrected chi connectivity index (χ2v) is 18.0. The highest BCUT2D eigenvalue weighted by Crippen LogP contribution is 2.40. The maximum atomic E-state index is 6.92. The molecule has 53 heavy (non-hydrogen) atoms. The van der Waals surface area contributed by atoms with E-state index < -0.39 is 21.6 Å². The predicted octanol–water partition coefficient (Wildman–Crippen LogP) is 8.31. The lowest BCUT2D eigenvalue weighted by molar-refractivity contribution is -0.150. The summed E-state index contributed by atoms with van der Waals surface area (Å²) in [6.07, 6.45) is 1.06. The van der Waals surface area contributed by atoms with Crippen LogP contribution in [-0.4, -0.2) is 31.2 Å². The first kappa shape index (κ1) is 37.0. The van der Waals surface area contributed by atoms with Crippen LogP contribution in [0.3, 0.4) is 0 Å². The van der Waals surface area contributed by atoms with E-state index in [4.69, 9.17) is 18.9 Å². The summed E-state index contributed by atoms with van der Waals surface area (Å²) >= 11 is 0. The van der Waals surface area contributed by atoms with Crippen molar-refractivity contribution >= 4 is 47.7 Å². The van der Waals surface area contributed by atoms with Gasteiger partial charge in [0.05, 0.1) is 0 Å². The molecule has 0 N–H and O–H groups in total. The summed E-state index contributed by atoms with van der Waals surface area (Å²) in [6.45, 7) is 9.03. The highest BCUT2D eigenvalue weighted by Gasteiger charge is 2.43. The molecular weight excluding hydrogens is 690 g/mol. The molecule has 270 valence electrons. The third-order valence-corrected chi connectivity index (χ3v) is 14.4. The number of hydrogen-bond donors (Lipinski definition) is 0. The Bertz CT molecular complexity index is 1830. The minimum absolute atomic E-state index is 0.329. The van der Waals surface area contributed by atoms with Gasteiger partial charge in [-0.2, -0.15) is 0 Å². The second-order valence-electron chi connectivity index (χ2n) is 13.6. The van der Waals surface area contributed by atoms with Crippen LogP contribution in [0.15, 0.2) is 158 Å². The van der Waals surface area contributed by atoms with Crippen molar-refractivity contribution < 1.29 is 18.9 Å². The van der Waals surface area contributed by atoms with Crippen molar-refractivity contribution in [1.82, 2.24) is 0 Å². The van der Waals surface area contributed by atoms with E-state index in [0.29, 0.717) is 13.2 Å². The molecule has 6 aromatic rings. The standard InChI is InChI=1S/C47H48O4P2/c1-5-35-21-19-31-43(52(37-23-11-7-12-24-37)38-25-13-8-14-26-38)45(35)48-33-41-42(51-47(3,4)50-41)34-49-46-36(6-2)22-20-32-44(46)53(39-27-15-9-16-28-39)40-29-17-10-18-30-40/h7-32,41-42H,5-6,33-34H2,1-4H3/t41-,42-/m0/s1. The molecule has 0 unspecified atom stereocenters. The van der Waals surface area contributed by atoms with E-state index in [2.05, 4.69) is 172 Å². The second kappa shape index (κ2) is 17.2. The van der Waals surface area contributed by atoms with Gasteiger partial charge in [0.15, 0.2) is 5.79 Å². The molecule has 0 spiro atoms. The average Bonchev–Trinajstić information content (AvgIpc) is 3.51. The van der Waals surface area contributed by atoms with E-state index in [-0.39, 0.29) is 12.2 Å². The maximum Gasteiger partial charge on any atom is 0.164 e. The summed E-state index contributed by atoms with van der Waals surface area (Å²) in [5.74, 6) is 1.11. The van der Waals surface area contributed by atoms with E-state index >= 15 is 0 Å². The fraction of sp³-hybridized carbons (Fsp3) is 0.234. The molecule has 0 radical (unpaired) electrons. The van der Waals surface area contributed by atoms with Gasteiger partial charge in [0.1, 0.15) is 36.9 Å². The largest absolute Gasteiger partial charge is 0.490 e. The van der Waals surface area contributed by atoms with Crippen LogP contribution in [0.25, 0.3) is 0 Å². The van der Waals surface area contributed by atoms with Crippen LogP contribution in [0.1, 0.15) is 38.8 Å². The zero-order valence-corrected chi connectivity index (χ0v) is 32.8. The number of hydrogen-bond acceptors (Lipinski definition) is 4. The molecule has 1 saturated heterocycles. The summed E-state index contributed by atoms with van der Waals surface area (Å²) in [5, 5.41) is 7.57. The Hall–Kier alpha value is -4.30. The van der Waals surface area contributed by atoms with Crippen molar-refractivity contribution in [3.63, 3.8) is 0 Å². The Morgan fingerprint density at radius 1 is 0.453 bits per heavy atom. The number of rotatable bonds is 14. The van der Waals surface area contributed by atoms with Gasteiger partial charge in [-0.05, 0) is 74.9 Å². The van der Waals surface area contributed by atoms with Crippen LogP contribution in [0.4, 0.5) is 0 Å². The lowest BCUT2D eigenvalue weighted by Gasteiger charge is -2.26. The van der Waals surface area contributed by atoms with Crippen LogP contribution in [0, 0.1) is 0 Å². The van der Waals surface area contributed by atoms with Crippen LogP contribution < -0.4 is 41.3 Å². The molecule has 1 heterocycles. The van der Waals surface area contributed by atoms with Crippen molar-refractivity contribution in [2.75, 3.05) is 13.2 Å². The highest BCUT2D eigenvalue weighted by atomic mass is 31.1. The molecule has 0 amide bonds. The zero-order chi connectivity index (χ0) is 36.6. The van der Waals surface area contributed by atoms with Crippen LogP contribution in [0.2, 0.25) is 0 Å². The minimum atomic E-state index is -0.854. The fourth-order valence-corrected chi connectivity index (χ4v) is 12.0. The number of benzene rings is 6. The molecule has 0 aliphatic carbocycles. The SMILES string of the molecule is CCc1cccc(P(c2ccccc2)c2ccccc2)c1OC[C@@H]1OC(C)(C)O[C@H]1COc1c(CC)cccc1P(c1ccccc1)c1ccccc1. The topological polar surface area (TPSA) is 36.9 Å². The number of aryl methyl sites for hydroxylation is 2. The highest BCUT2D eigenvalue weighted by molar-refractivity contribution is 7.80. The van der Waals surface area contributed by atoms with Crippen molar-refractivity contribution in [2.24, 2.45) is 0 Å². The Morgan fingerprint density at radius 3 is 1.08 bits per heavy atom. The quantitative estimate of drug-likeness (QED) is 0.106. The van der Waals surface area contributed by atoms with Crippen LogP contribution in [0.5, 0.6) is 11.5 Å². The van der Waals surface area contributed by atoms with Crippen molar-refractivity contribution in [1.29, 1.82) is 0 Å². The predicted molar refractivity (Wildman–Crippen MR) is 224 cm³/mol. The maximum absolute atomic E-state index is 6.92. The summed E-state index contributed by atoms with van der Waals surface area (Å²) in [6, 6.07) is 56.3. The lowest BCUT2D eigenvalue weighted by Crippen LogP contribution is -2.35. The minimum Gasteiger partial charge on any atom is -0.490 e. The Labute approximate surface area is 317 Å². The molecule has 7 rings (SSSR count). The third kappa shape index (κ3) is 8.59. The molecule has 0 bridgehead atoms. The van der Waals surface area contributed by atoms with Crippen molar-refractivity contribution in [3.8, 4) is 11.5 Å². The molecular formula is C47H48O4P2. The zero-order valence-electron chi connectivity index (χ0n) is 31.0. The van der Waals surface area contributed by atoms with Crippen LogP contribution in [-0.2, 0) is 22.3 Å². The van der Waals surface area contributed by atoms with Gasteiger partial charge in [0.2, 0.25) is 0 Å². The third-order valence-electron chi connectivity index (χ3n) is 9.52. The Kier molecular flexibility index (Phi) is 12.0. The van der Waals surface area contributed by atoms with Crippen molar-refractivity contribution in [2.45, 2.75) is 58.5 Å². The normalized spacial score (nSPS) is 16.6. The van der Waals surface area contributed by atoms with E-state index in [1.807, 2.05) is 13.8 Å². The first-order chi connectivity index (χ1) is 26.0. The smallest absolute Gasteiger partial charge is 0.164 e. The molecule has 1 aliphatic heterocycles. The average molecular weight is 739 g/mol. The van der Waals surface area contributed by atoms with E-state index in [1.165, 1.54) is 43.0 Å². The summed E-state index contributed by atoms with van der Waals surface area (Å²) in [4.78, 5) is 0. The van der Waals surface area contributed by atoms with Gasteiger partial charge in [0, 0.05) is 10.6 Å². The first-order valence-electron chi connectivity index (χ1n) is 18.6.